The summed E-state index contributed by atoms with van der Waals surface area (Å²) in [4.78, 5) is 10.6. The molecule has 2 rings (SSSR count). The number of hydrogen-bond acceptors (Lipinski definition) is 3. The number of nitrogens with zero attached hydrogens (tertiary/aromatic N) is 1. The predicted molar refractivity (Wildman–Crippen MR) is 71.5 cm³/mol. The van der Waals surface area contributed by atoms with Crippen LogP contribution in [0.15, 0.2) is 18.2 Å². The van der Waals surface area contributed by atoms with Crippen LogP contribution in [0.5, 0.6) is 0 Å². The van der Waals surface area contributed by atoms with E-state index in [1.165, 1.54) is 12.8 Å². The Morgan fingerprint density at radius 2 is 2.11 bits per heavy atom. The van der Waals surface area contributed by atoms with Crippen molar-refractivity contribution in [2.75, 3.05) is 0 Å². The zero-order valence-corrected chi connectivity index (χ0v) is 11.2. The smallest absolute Gasteiger partial charge is 0.272 e. The molecule has 0 saturated heterocycles. The number of nitrogens with one attached hydrogen (secondary N) is 1. The molecule has 1 aromatic carbocycles. The molecule has 0 atom stereocenters. The summed E-state index contributed by atoms with van der Waals surface area (Å²) in [5.74, 6) is 0.748. The summed E-state index contributed by atoms with van der Waals surface area (Å²) < 4.78 is 0. The molecule has 1 N–H and O–H groups in total. The van der Waals surface area contributed by atoms with Crippen molar-refractivity contribution >= 4 is 5.69 Å². The molecular weight excluding hydrogens is 228 g/mol. The van der Waals surface area contributed by atoms with Crippen LogP contribution in [0.25, 0.3) is 0 Å². The van der Waals surface area contributed by atoms with Crippen LogP contribution in [0.3, 0.4) is 0 Å². The van der Waals surface area contributed by atoms with Crippen LogP contribution in [-0.4, -0.2) is 10.5 Å². The largest absolute Gasteiger partial charge is 0.307 e. The summed E-state index contributed by atoms with van der Waals surface area (Å²) in [5, 5.41) is 14.4. The lowest BCUT2D eigenvalue weighted by Gasteiger charge is -2.26. The fourth-order valence-electron chi connectivity index (χ4n) is 2.24. The second-order valence-corrected chi connectivity index (χ2v) is 5.73. The maximum atomic E-state index is 10.9. The van der Waals surface area contributed by atoms with E-state index in [0.29, 0.717) is 12.1 Å². The van der Waals surface area contributed by atoms with Gasteiger partial charge in [0.1, 0.15) is 0 Å². The second kappa shape index (κ2) is 4.69. The van der Waals surface area contributed by atoms with Crippen LogP contribution in [0.4, 0.5) is 5.69 Å². The Morgan fingerprint density at radius 1 is 1.44 bits per heavy atom. The van der Waals surface area contributed by atoms with E-state index in [0.717, 1.165) is 11.5 Å². The van der Waals surface area contributed by atoms with Gasteiger partial charge in [-0.3, -0.25) is 10.1 Å². The molecule has 0 aromatic heterocycles. The minimum absolute atomic E-state index is 0.125. The third-order valence-electron chi connectivity index (χ3n) is 3.82. The Morgan fingerprint density at radius 3 is 2.67 bits per heavy atom. The lowest BCUT2D eigenvalue weighted by atomic mass is 9.98. The zero-order valence-electron chi connectivity index (χ0n) is 11.2. The van der Waals surface area contributed by atoms with Gasteiger partial charge in [0.05, 0.1) is 4.92 Å². The number of nitro benzene ring substituents is 1. The molecule has 0 spiro atoms. The van der Waals surface area contributed by atoms with Crippen molar-refractivity contribution in [1.29, 1.82) is 0 Å². The van der Waals surface area contributed by atoms with Gasteiger partial charge in [0.25, 0.3) is 5.69 Å². The number of aryl methyl sites for hydroxylation is 1. The maximum Gasteiger partial charge on any atom is 0.272 e. The van der Waals surface area contributed by atoms with Crippen molar-refractivity contribution in [3.63, 3.8) is 0 Å². The van der Waals surface area contributed by atoms with E-state index in [-0.39, 0.29) is 16.1 Å². The number of hydrogen-bond donors (Lipinski definition) is 1. The summed E-state index contributed by atoms with van der Waals surface area (Å²) in [7, 11) is 0. The molecule has 0 radical (unpaired) electrons. The number of benzene rings is 1. The lowest BCUT2D eigenvalue weighted by molar-refractivity contribution is -0.385. The van der Waals surface area contributed by atoms with E-state index in [2.05, 4.69) is 19.2 Å². The van der Waals surface area contributed by atoms with Crippen molar-refractivity contribution in [1.82, 2.24) is 5.32 Å². The average molecular weight is 248 g/mol. The summed E-state index contributed by atoms with van der Waals surface area (Å²) in [6, 6.07) is 5.45. The van der Waals surface area contributed by atoms with E-state index in [1.807, 2.05) is 12.1 Å². The molecule has 0 bridgehead atoms. The molecule has 18 heavy (non-hydrogen) atoms. The van der Waals surface area contributed by atoms with Gasteiger partial charge in [-0.2, -0.15) is 0 Å². The van der Waals surface area contributed by atoms with Crippen molar-refractivity contribution in [2.24, 2.45) is 5.92 Å². The summed E-state index contributed by atoms with van der Waals surface area (Å²) in [6.07, 6.45) is 2.57. The van der Waals surface area contributed by atoms with Gasteiger partial charge in [-0.15, -0.1) is 0 Å². The normalized spacial score (nSPS) is 15.7. The van der Waals surface area contributed by atoms with Crippen molar-refractivity contribution in [3.8, 4) is 0 Å². The van der Waals surface area contributed by atoms with Gasteiger partial charge in [-0.25, -0.2) is 0 Å². The second-order valence-electron chi connectivity index (χ2n) is 5.73. The monoisotopic (exact) mass is 248 g/mol. The van der Waals surface area contributed by atoms with Gasteiger partial charge in [-0.05, 0) is 45.1 Å². The van der Waals surface area contributed by atoms with Gasteiger partial charge in [0.15, 0.2) is 0 Å². The highest BCUT2D eigenvalue weighted by Crippen LogP contribution is 2.39. The zero-order chi connectivity index (χ0) is 13.3. The molecule has 4 nitrogen and oxygen atoms in total. The average Bonchev–Trinajstić information content (AvgIpc) is 3.11. The Kier molecular flexibility index (Phi) is 3.39. The SMILES string of the molecule is Cc1ccc(CNC(C)(C)C2CC2)cc1[N+](=O)[O-]. The van der Waals surface area contributed by atoms with Gasteiger partial charge in [0.2, 0.25) is 0 Å². The molecule has 1 saturated carbocycles. The summed E-state index contributed by atoms with van der Waals surface area (Å²) >= 11 is 0. The molecule has 0 aliphatic heterocycles. The first-order valence-electron chi connectivity index (χ1n) is 6.39. The fourth-order valence-corrected chi connectivity index (χ4v) is 2.24. The molecule has 4 heteroatoms. The molecule has 0 unspecified atom stereocenters. The van der Waals surface area contributed by atoms with E-state index in [1.54, 1.807) is 13.0 Å². The quantitative estimate of drug-likeness (QED) is 0.643. The van der Waals surface area contributed by atoms with E-state index in [9.17, 15) is 10.1 Å². The Bertz CT molecular complexity index is 465. The van der Waals surface area contributed by atoms with Crippen LogP contribution < -0.4 is 5.32 Å². The number of nitro groups is 1. The van der Waals surface area contributed by atoms with Gasteiger partial charge in [-0.1, -0.05) is 12.1 Å². The number of rotatable bonds is 5. The van der Waals surface area contributed by atoms with Gasteiger partial charge < -0.3 is 5.32 Å². The molecule has 98 valence electrons. The van der Waals surface area contributed by atoms with Gasteiger partial charge >= 0.3 is 0 Å². The third kappa shape index (κ3) is 2.88. The molecule has 1 aliphatic rings. The van der Waals surface area contributed by atoms with Crippen LogP contribution in [0, 0.1) is 23.0 Å². The Hall–Kier alpha value is -1.42. The maximum absolute atomic E-state index is 10.9. The lowest BCUT2D eigenvalue weighted by Crippen LogP contribution is -2.40. The minimum atomic E-state index is -0.315. The first-order valence-corrected chi connectivity index (χ1v) is 6.39. The summed E-state index contributed by atoms with van der Waals surface area (Å²) in [6.45, 7) is 6.86. The molecule has 1 aromatic rings. The summed E-state index contributed by atoms with van der Waals surface area (Å²) in [5.41, 5.74) is 2.02. The molecule has 1 aliphatic carbocycles. The Balaban J connectivity index is 2.05. The van der Waals surface area contributed by atoms with Crippen molar-refractivity contribution in [3.05, 3.63) is 39.4 Å². The van der Waals surface area contributed by atoms with Crippen LogP contribution in [-0.2, 0) is 6.54 Å². The van der Waals surface area contributed by atoms with Crippen molar-refractivity contribution in [2.45, 2.75) is 45.7 Å². The minimum Gasteiger partial charge on any atom is -0.307 e. The predicted octanol–water partition coefficient (Wildman–Crippen LogP) is 3.18. The highest BCUT2D eigenvalue weighted by Gasteiger charge is 2.37. The highest BCUT2D eigenvalue weighted by molar-refractivity contribution is 5.42. The topological polar surface area (TPSA) is 55.2 Å². The van der Waals surface area contributed by atoms with Crippen LogP contribution >= 0.6 is 0 Å². The molecule has 0 amide bonds. The third-order valence-corrected chi connectivity index (χ3v) is 3.82. The van der Waals surface area contributed by atoms with E-state index >= 15 is 0 Å². The fraction of sp³-hybridized carbons (Fsp3) is 0.571. The Labute approximate surface area is 108 Å². The van der Waals surface area contributed by atoms with Gasteiger partial charge in [0, 0.05) is 23.7 Å². The van der Waals surface area contributed by atoms with Crippen molar-refractivity contribution < 1.29 is 4.92 Å². The first-order chi connectivity index (χ1) is 8.40. The molecule has 1 fully saturated rings. The van der Waals surface area contributed by atoms with Crippen LogP contribution in [0.2, 0.25) is 0 Å². The molecule has 0 heterocycles. The van der Waals surface area contributed by atoms with E-state index in [4.69, 9.17) is 0 Å². The van der Waals surface area contributed by atoms with Crippen LogP contribution in [0.1, 0.15) is 37.8 Å². The van der Waals surface area contributed by atoms with E-state index < -0.39 is 0 Å². The first kappa shape index (κ1) is 13.0. The standard InChI is InChI=1S/C14H20N2O2/c1-10-4-5-11(8-13(10)16(17)18)9-15-14(2,3)12-6-7-12/h4-5,8,12,15H,6-7,9H2,1-3H3. The highest BCUT2D eigenvalue weighted by atomic mass is 16.6. The molecular formula is C14H20N2O2.